The highest BCUT2D eigenvalue weighted by molar-refractivity contribution is 7.89. The van der Waals surface area contributed by atoms with Crippen molar-refractivity contribution >= 4 is 21.6 Å². The first-order valence-corrected chi connectivity index (χ1v) is 9.77. The first-order valence-electron chi connectivity index (χ1n) is 8.28. The van der Waals surface area contributed by atoms with Crippen molar-refractivity contribution < 1.29 is 13.2 Å². The van der Waals surface area contributed by atoms with Gasteiger partial charge in [0.05, 0.1) is 4.90 Å². The minimum Gasteiger partial charge on any atom is -0.312 e. The Kier molecular flexibility index (Phi) is 4.92. The fourth-order valence-electron chi connectivity index (χ4n) is 2.92. The maximum absolute atomic E-state index is 12.4. The summed E-state index contributed by atoms with van der Waals surface area (Å²) in [5.74, 6) is -0.00240. The van der Waals surface area contributed by atoms with Crippen molar-refractivity contribution in [3.63, 3.8) is 0 Å². The van der Waals surface area contributed by atoms with Crippen LogP contribution < -0.4 is 9.62 Å². The van der Waals surface area contributed by atoms with Crippen LogP contribution in [0.4, 0.5) is 5.69 Å². The quantitative estimate of drug-likeness (QED) is 0.893. The van der Waals surface area contributed by atoms with E-state index < -0.39 is 10.0 Å². The second-order valence-corrected chi connectivity index (χ2v) is 8.34. The normalized spacial score (nSPS) is 17.9. The molecular weight excluding hydrogens is 336 g/mol. The predicted molar refractivity (Wildman–Crippen MR) is 98.0 cm³/mol. The Morgan fingerprint density at radius 3 is 2.16 bits per heavy atom. The van der Waals surface area contributed by atoms with E-state index in [0.29, 0.717) is 13.0 Å². The summed E-state index contributed by atoms with van der Waals surface area (Å²) in [7, 11) is -3.55. The van der Waals surface area contributed by atoms with Crippen molar-refractivity contribution in [1.29, 1.82) is 0 Å². The minimum atomic E-state index is -3.55. The van der Waals surface area contributed by atoms with Gasteiger partial charge < -0.3 is 4.90 Å². The Morgan fingerprint density at radius 1 is 1.00 bits per heavy atom. The van der Waals surface area contributed by atoms with Gasteiger partial charge in [0.15, 0.2) is 0 Å². The average molecular weight is 358 g/mol. The lowest BCUT2D eigenvalue weighted by Gasteiger charge is -2.17. The van der Waals surface area contributed by atoms with Crippen LogP contribution in [0, 0.1) is 19.8 Å². The summed E-state index contributed by atoms with van der Waals surface area (Å²) in [6.07, 6.45) is 0.351. The van der Waals surface area contributed by atoms with Crippen molar-refractivity contribution in [2.75, 3.05) is 18.0 Å². The average Bonchev–Trinajstić information content (AvgIpc) is 2.95. The molecule has 2 aromatic carbocycles. The maximum Gasteiger partial charge on any atom is 0.240 e. The zero-order chi connectivity index (χ0) is 18.0. The fraction of sp³-hybridized carbons (Fsp3) is 0.316. The number of anilines is 1. The van der Waals surface area contributed by atoms with Gasteiger partial charge in [0.2, 0.25) is 15.9 Å². The fourth-order valence-corrected chi connectivity index (χ4v) is 4.04. The number of aryl methyl sites for hydroxylation is 2. The molecule has 1 amide bonds. The standard InChI is InChI=1S/C19H22N2O3S/c1-14-3-7-17(8-4-14)21-13-16(11-19(21)22)12-20-25(23,24)18-9-5-15(2)6-10-18/h3-10,16,20H,11-13H2,1-2H3/t16-/m1/s1. The zero-order valence-corrected chi connectivity index (χ0v) is 15.2. The molecule has 0 aliphatic carbocycles. The third-order valence-electron chi connectivity index (χ3n) is 4.44. The third kappa shape index (κ3) is 4.08. The lowest BCUT2D eigenvalue weighted by Crippen LogP contribution is -2.31. The number of hydrogen-bond acceptors (Lipinski definition) is 3. The van der Waals surface area contributed by atoms with E-state index in [1.54, 1.807) is 29.2 Å². The first-order chi connectivity index (χ1) is 11.8. The van der Waals surface area contributed by atoms with Gasteiger partial charge in [-0.2, -0.15) is 0 Å². The number of sulfonamides is 1. The van der Waals surface area contributed by atoms with Gasteiger partial charge in [-0.3, -0.25) is 4.79 Å². The Hall–Kier alpha value is -2.18. The highest BCUT2D eigenvalue weighted by Gasteiger charge is 2.31. The van der Waals surface area contributed by atoms with E-state index in [9.17, 15) is 13.2 Å². The van der Waals surface area contributed by atoms with E-state index in [-0.39, 0.29) is 23.3 Å². The molecule has 1 heterocycles. The molecule has 0 unspecified atom stereocenters. The SMILES string of the molecule is Cc1ccc(N2C[C@@H](CNS(=O)(=O)c3ccc(C)cc3)CC2=O)cc1. The number of nitrogens with one attached hydrogen (secondary N) is 1. The van der Waals surface area contributed by atoms with E-state index >= 15 is 0 Å². The molecule has 5 nitrogen and oxygen atoms in total. The summed E-state index contributed by atoms with van der Waals surface area (Å²) in [5, 5.41) is 0. The molecule has 6 heteroatoms. The lowest BCUT2D eigenvalue weighted by atomic mass is 10.1. The molecule has 1 N–H and O–H groups in total. The summed E-state index contributed by atoms with van der Waals surface area (Å²) < 4.78 is 27.4. The molecule has 2 aromatic rings. The Morgan fingerprint density at radius 2 is 1.56 bits per heavy atom. The molecule has 0 spiro atoms. The molecule has 1 saturated heterocycles. The first kappa shape index (κ1) is 17.6. The number of carbonyl (C=O) groups is 1. The molecule has 0 radical (unpaired) electrons. The molecule has 1 aliphatic rings. The van der Waals surface area contributed by atoms with Gasteiger partial charge in [0.25, 0.3) is 0 Å². The Labute approximate surface area is 148 Å². The monoisotopic (exact) mass is 358 g/mol. The van der Waals surface area contributed by atoms with Crippen molar-refractivity contribution in [1.82, 2.24) is 4.72 Å². The Balaban J connectivity index is 1.63. The summed E-state index contributed by atoms with van der Waals surface area (Å²) in [6, 6.07) is 14.5. The molecule has 3 rings (SSSR count). The molecule has 1 aliphatic heterocycles. The largest absolute Gasteiger partial charge is 0.312 e. The van der Waals surface area contributed by atoms with Crippen LogP contribution in [0.5, 0.6) is 0 Å². The molecule has 0 bridgehead atoms. The number of nitrogens with zero attached hydrogens (tertiary/aromatic N) is 1. The number of rotatable bonds is 5. The van der Waals surface area contributed by atoms with Crippen LogP contribution in [0.25, 0.3) is 0 Å². The number of carbonyl (C=O) groups excluding carboxylic acids is 1. The van der Waals surface area contributed by atoms with Crippen LogP contribution >= 0.6 is 0 Å². The van der Waals surface area contributed by atoms with Crippen LogP contribution in [0.3, 0.4) is 0 Å². The van der Waals surface area contributed by atoms with Gasteiger partial charge in [0.1, 0.15) is 0 Å². The summed E-state index contributed by atoms with van der Waals surface area (Å²) >= 11 is 0. The highest BCUT2D eigenvalue weighted by Crippen LogP contribution is 2.25. The molecule has 1 atom stereocenters. The molecule has 0 aromatic heterocycles. The second kappa shape index (κ2) is 6.98. The van der Waals surface area contributed by atoms with E-state index in [1.807, 2.05) is 38.1 Å². The van der Waals surface area contributed by atoms with Crippen molar-refractivity contribution in [2.24, 2.45) is 5.92 Å². The number of hydrogen-bond donors (Lipinski definition) is 1. The van der Waals surface area contributed by atoms with Crippen LogP contribution in [0.15, 0.2) is 53.4 Å². The number of amides is 1. The highest BCUT2D eigenvalue weighted by atomic mass is 32.2. The maximum atomic E-state index is 12.4. The van der Waals surface area contributed by atoms with E-state index in [1.165, 1.54) is 0 Å². The van der Waals surface area contributed by atoms with Crippen LogP contribution in [-0.4, -0.2) is 27.4 Å². The summed E-state index contributed by atoms with van der Waals surface area (Å²) in [4.78, 5) is 14.2. The predicted octanol–water partition coefficient (Wildman–Crippen LogP) is 2.63. The van der Waals surface area contributed by atoms with Gasteiger partial charge in [0, 0.05) is 25.2 Å². The molecule has 1 fully saturated rings. The van der Waals surface area contributed by atoms with Crippen molar-refractivity contribution in [3.8, 4) is 0 Å². The van der Waals surface area contributed by atoms with Crippen molar-refractivity contribution in [3.05, 3.63) is 59.7 Å². The van der Waals surface area contributed by atoms with Crippen molar-refractivity contribution in [2.45, 2.75) is 25.2 Å². The van der Waals surface area contributed by atoms with Crippen LogP contribution in [-0.2, 0) is 14.8 Å². The number of benzene rings is 2. The zero-order valence-electron chi connectivity index (χ0n) is 14.4. The molecule has 25 heavy (non-hydrogen) atoms. The molecule has 132 valence electrons. The minimum absolute atomic E-state index is 0.0309. The Bertz CT molecular complexity index is 859. The lowest BCUT2D eigenvalue weighted by molar-refractivity contribution is -0.117. The topological polar surface area (TPSA) is 66.5 Å². The van der Waals surface area contributed by atoms with Gasteiger partial charge in [-0.25, -0.2) is 13.1 Å². The molecule has 0 saturated carbocycles. The van der Waals surface area contributed by atoms with Gasteiger partial charge in [-0.1, -0.05) is 35.4 Å². The van der Waals surface area contributed by atoms with Gasteiger partial charge in [-0.15, -0.1) is 0 Å². The van der Waals surface area contributed by atoms with E-state index in [2.05, 4.69) is 4.72 Å². The third-order valence-corrected chi connectivity index (χ3v) is 5.88. The van der Waals surface area contributed by atoms with E-state index in [4.69, 9.17) is 0 Å². The van der Waals surface area contributed by atoms with Crippen LogP contribution in [0.1, 0.15) is 17.5 Å². The summed E-state index contributed by atoms with van der Waals surface area (Å²) in [6.45, 7) is 4.69. The smallest absolute Gasteiger partial charge is 0.240 e. The molecular formula is C19H22N2O3S. The van der Waals surface area contributed by atoms with Gasteiger partial charge >= 0.3 is 0 Å². The van der Waals surface area contributed by atoms with E-state index in [0.717, 1.165) is 16.8 Å². The van der Waals surface area contributed by atoms with Gasteiger partial charge in [-0.05, 0) is 44.0 Å². The second-order valence-electron chi connectivity index (χ2n) is 6.57. The summed E-state index contributed by atoms with van der Waals surface area (Å²) in [5.41, 5.74) is 3.01. The van der Waals surface area contributed by atoms with Crippen LogP contribution in [0.2, 0.25) is 0 Å².